The Hall–Kier alpha value is -3.48. The molecule has 2 aromatic carbocycles. The van der Waals surface area contributed by atoms with Gasteiger partial charge in [0.1, 0.15) is 11.5 Å². The molecule has 4 rings (SSSR count). The van der Waals surface area contributed by atoms with E-state index in [1.165, 1.54) is 0 Å². The minimum atomic E-state index is -0.720. The first kappa shape index (κ1) is 25.6. The van der Waals surface area contributed by atoms with Gasteiger partial charge in [0.25, 0.3) is 11.7 Å². The van der Waals surface area contributed by atoms with Gasteiger partial charge in [-0.15, -0.1) is 0 Å². The van der Waals surface area contributed by atoms with Crippen molar-refractivity contribution < 1.29 is 28.9 Å². The van der Waals surface area contributed by atoms with Crippen LogP contribution in [-0.4, -0.2) is 48.6 Å². The van der Waals surface area contributed by atoms with Crippen molar-refractivity contribution in [1.82, 2.24) is 4.90 Å². The van der Waals surface area contributed by atoms with Crippen LogP contribution in [-0.2, 0) is 9.59 Å². The quantitative estimate of drug-likeness (QED) is 0.293. The first-order valence-electron chi connectivity index (χ1n) is 12.6. The van der Waals surface area contributed by atoms with Gasteiger partial charge in [-0.1, -0.05) is 32.8 Å². The maximum Gasteiger partial charge on any atom is 0.295 e. The molecule has 1 saturated carbocycles. The van der Waals surface area contributed by atoms with Crippen molar-refractivity contribution in [3.05, 3.63) is 58.7 Å². The molecule has 1 atom stereocenters. The van der Waals surface area contributed by atoms with Crippen molar-refractivity contribution in [2.24, 2.45) is 0 Å². The van der Waals surface area contributed by atoms with Gasteiger partial charge in [-0.25, -0.2) is 0 Å². The number of Topliss-reactive ketones (excluding diaryl/α,β-unsaturated/α-hetero) is 1. The molecule has 1 saturated heterocycles. The van der Waals surface area contributed by atoms with E-state index in [-0.39, 0.29) is 23.3 Å². The van der Waals surface area contributed by atoms with Crippen molar-refractivity contribution in [2.75, 3.05) is 20.8 Å². The number of rotatable bonds is 8. The maximum atomic E-state index is 13.4. The monoisotopic (exact) mass is 493 g/mol. The lowest BCUT2D eigenvalue weighted by molar-refractivity contribution is -0.141. The predicted molar refractivity (Wildman–Crippen MR) is 138 cm³/mol. The fourth-order valence-electron chi connectivity index (χ4n) is 5.35. The smallest absolute Gasteiger partial charge is 0.295 e. The van der Waals surface area contributed by atoms with Crippen molar-refractivity contribution in [2.45, 2.75) is 64.5 Å². The van der Waals surface area contributed by atoms with Crippen LogP contribution in [0.4, 0.5) is 0 Å². The highest BCUT2D eigenvalue weighted by Crippen LogP contribution is 2.45. The molecule has 1 aliphatic heterocycles. The third-order valence-electron chi connectivity index (χ3n) is 7.13. The van der Waals surface area contributed by atoms with Crippen LogP contribution in [0.15, 0.2) is 42.0 Å². The molecule has 0 bridgehead atoms. The van der Waals surface area contributed by atoms with E-state index in [0.29, 0.717) is 29.2 Å². The first-order valence-corrected chi connectivity index (χ1v) is 12.6. The molecule has 1 N–H and O–H groups in total. The Balaban J connectivity index is 1.90. The van der Waals surface area contributed by atoms with E-state index in [1.54, 1.807) is 37.3 Å². The van der Waals surface area contributed by atoms with Crippen LogP contribution in [0.2, 0.25) is 0 Å². The van der Waals surface area contributed by atoms with Gasteiger partial charge in [0.05, 0.1) is 32.4 Å². The molecule has 0 aromatic heterocycles. The zero-order chi connectivity index (χ0) is 26.0. The molecule has 1 heterocycles. The molecule has 0 spiro atoms. The molecule has 7 nitrogen and oxygen atoms in total. The lowest BCUT2D eigenvalue weighted by Crippen LogP contribution is -2.37. The zero-order valence-corrected chi connectivity index (χ0v) is 21.7. The van der Waals surface area contributed by atoms with Crippen molar-refractivity contribution in [3.8, 4) is 17.2 Å². The zero-order valence-electron chi connectivity index (χ0n) is 21.7. The second-order valence-corrected chi connectivity index (χ2v) is 9.60. The van der Waals surface area contributed by atoms with Crippen LogP contribution in [0.3, 0.4) is 0 Å². The Morgan fingerprint density at radius 2 is 1.67 bits per heavy atom. The highest BCUT2D eigenvalue weighted by atomic mass is 16.5. The second-order valence-electron chi connectivity index (χ2n) is 9.60. The van der Waals surface area contributed by atoms with Crippen LogP contribution >= 0.6 is 0 Å². The standard InChI is InChI=1S/C29H35NO6/c1-6-36-22-13-12-19(15-21(22)17(2)3)27(31)25-26(18-11-14-23(34-4)24(16-18)35-5)30(29(33)28(25)32)20-9-7-8-10-20/h11-17,20,26,31H,6-10H2,1-5H3/b27-25+. The van der Waals surface area contributed by atoms with E-state index < -0.39 is 17.7 Å². The van der Waals surface area contributed by atoms with E-state index in [4.69, 9.17) is 14.2 Å². The van der Waals surface area contributed by atoms with Gasteiger partial charge in [-0.2, -0.15) is 0 Å². The summed E-state index contributed by atoms with van der Waals surface area (Å²) in [5.41, 5.74) is 2.19. The number of hydrogen-bond acceptors (Lipinski definition) is 6. The van der Waals surface area contributed by atoms with Crippen LogP contribution < -0.4 is 14.2 Å². The molecule has 1 aliphatic carbocycles. The van der Waals surface area contributed by atoms with Gasteiger partial charge in [-0.05, 0) is 67.1 Å². The van der Waals surface area contributed by atoms with E-state index in [1.807, 2.05) is 39.0 Å². The number of benzene rings is 2. The normalized spacial score (nSPS) is 19.8. The number of methoxy groups -OCH3 is 2. The van der Waals surface area contributed by atoms with E-state index in [0.717, 1.165) is 37.0 Å². The molecule has 2 aliphatic rings. The molecular weight excluding hydrogens is 458 g/mol. The van der Waals surface area contributed by atoms with Crippen LogP contribution in [0, 0.1) is 0 Å². The first-order chi connectivity index (χ1) is 17.3. The van der Waals surface area contributed by atoms with Crippen molar-refractivity contribution >= 4 is 17.4 Å². The minimum Gasteiger partial charge on any atom is -0.507 e. The van der Waals surface area contributed by atoms with E-state index >= 15 is 0 Å². The second kappa shape index (κ2) is 10.6. The number of nitrogens with zero attached hydrogens (tertiary/aromatic N) is 1. The summed E-state index contributed by atoms with van der Waals surface area (Å²) in [6.07, 6.45) is 3.67. The minimum absolute atomic E-state index is 0.0589. The predicted octanol–water partition coefficient (Wildman–Crippen LogP) is 5.59. The molecule has 2 aromatic rings. The van der Waals surface area contributed by atoms with Crippen LogP contribution in [0.25, 0.3) is 5.76 Å². The molecule has 1 amide bonds. The van der Waals surface area contributed by atoms with Crippen LogP contribution in [0.1, 0.15) is 75.1 Å². The Morgan fingerprint density at radius 3 is 2.28 bits per heavy atom. The van der Waals surface area contributed by atoms with E-state index in [2.05, 4.69) is 0 Å². The Labute approximate surface area is 212 Å². The molecule has 7 heteroatoms. The molecular formula is C29H35NO6. The van der Waals surface area contributed by atoms with Gasteiger partial charge in [0.15, 0.2) is 11.5 Å². The largest absolute Gasteiger partial charge is 0.507 e. The highest BCUT2D eigenvalue weighted by Gasteiger charge is 2.49. The van der Waals surface area contributed by atoms with E-state index in [9.17, 15) is 14.7 Å². The maximum absolute atomic E-state index is 13.4. The summed E-state index contributed by atoms with van der Waals surface area (Å²) in [5, 5.41) is 11.5. The topological polar surface area (TPSA) is 85.3 Å². The number of ketones is 1. The number of carbonyl (C=O) groups excluding carboxylic acids is 2. The molecule has 192 valence electrons. The fourth-order valence-corrected chi connectivity index (χ4v) is 5.35. The third kappa shape index (κ3) is 4.54. The summed E-state index contributed by atoms with van der Waals surface area (Å²) < 4.78 is 16.7. The summed E-state index contributed by atoms with van der Waals surface area (Å²) in [6, 6.07) is 9.98. The SMILES string of the molecule is CCOc1ccc(/C(O)=C2\C(=O)C(=O)N(C3CCCC3)C2c2ccc(OC)c(OC)c2)cc1C(C)C. The number of aliphatic hydroxyl groups is 1. The summed E-state index contributed by atoms with van der Waals surface area (Å²) >= 11 is 0. The summed E-state index contributed by atoms with van der Waals surface area (Å²) in [4.78, 5) is 28.5. The highest BCUT2D eigenvalue weighted by molar-refractivity contribution is 6.46. The average molecular weight is 494 g/mol. The molecule has 1 unspecified atom stereocenters. The van der Waals surface area contributed by atoms with Gasteiger partial charge >= 0.3 is 0 Å². The Kier molecular flexibility index (Phi) is 7.57. The van der Waals surface area contributed by atoms with Crippen LogP contribution in [0.5, 0.6) is 17.2 Å². The van der Waals surface area contributed by atoms with Gasteiger partial charge in [-0.3, -0.25) is 9.59 Å². The number of hydrogen-bond donors (Lipinski definition) is 1. The summed E-state index contributed by atoms with van der Waals surface area (Å²) in [5.74, 6) is 0.507. The molecule has 36 heavy (non-hydrogen) atoms. The number of likely N-dealkylation sites (tertiary alicyclic amines) is 1. The fraction of sp³-hybridized carbons (Fsp3) is 0.448. The Bertz CT molecular complexity index is 1180. The number of carbonyl (C=O) groups is 2. The third-order valence-corrected chi connectivity index (χ3v) is 7.13. The summed E-state index contributed by atoms with van der Waals surface area (Å²) in [7, 11) is 3.10. The number of aliphatic hydroxyl groups excluding tert-OH is 1. The van der Waals surface area contributed by atoms with Crippen molar-refractivity contribution in [1.29, 1.82) is 0 Å². The molecule has 2 fully saturated rings. The lowest BCUT2D eigenvalue weighted by atomic mass is 9.92. The molecule has 0 radical (unpaired) electrons. The van der Waals surface area contributed by atoms with Crippen molar-refractivity contribution in [3.63, 3.8) is 0 Å². The van der Waals surface area contributed by atoms with Gasteiger partial charge < -0.3 is 24.2 Å². The Morgan fingerprint density at radius 1 is 1.00 bits per heavy atom. The summed E-state index contributed by atoms with van der Waals surface area (Å²) in [6.45, 7) is 6.54. The van der Waals surface area contributed by atoms with Gasteiger partial charge in [0.2, 0.25) is 0 Å². The lowest BCUT2D eigenvalue weighted by Gasteiger charge is -2.31. The number of amides is 1. The number of ether oxygens (including phenoxy) is 3. The average Bonchev–Trinajstić information content (AvgIpc) is 3.50. The van der Waals surface area contributed by atoms with Gasteiger partial charge in [0, 0.05) is 11.6 Å².